The molecule has 1 aromatic heterocycles. The Morgan fingerprint density at radius 2 is 2.16 bits per heavy atom. The summed E-state index contributed by atoms with van der Waals surface area (Å²) in [5.74, 6) is -0.163. The number of aromatic nitrogens is 2. The van der Waals surface area contributed by atoms with Crippen molar-refractivity contribution in [3.8, 4) is 0 Å². The lowest BCUT2D eigenvalue weighted by Crippen LogP contribution is -2.43. The van der Waals surface area contributed by atoms with Gasteiger partial charge in [0.05, 0.1) is 32.8 Å². The maximum atomic E-state index is 12.4. The first-order valence-corrected chi connectivity index (χ1v) is 8.86. The molecule has 0 aliphatic carbocycles. The Hall–Kier alpha value is -1.99. The molecule has 2 aromatic rings. The minimum atomic E-state index is -0.755. The van der Waals surface area contributed by atoms with Gasteiger partial charge in [0.25, 0.3) is 0 Å². The maximum absolute atomic E-state index is 12.4. The highest BCUT2D eigenvalue weighted by Crippen LogP contribution is 2.39. The van der Waals surface area contributed by atoms with Gasteiger partial charge in [-0.05, 0) is 12.5 Å². The van der Waals surface area contributed by atoms with Crippen LogP contribution < -0.4 is 21.8 Å². The largest absolute Gasteiger partial charge is 0.380 e. The molecule has 1 aromatic carbocycles. The zero-order valence-electron chi connectivity index (χ0n) is 13.6. The van der Waals surface area contributed by atoms with Crippen LogP contribution >= 0.6 is 23.2 Å². The van der Waals surface area contributed by atoms with Crippen molar-refractivity contribution in [2.24, 2.45) is 0 Å². The summed E-state index contributed by atoms with van der Waals surface area (Å²) in [6, 6.07) is 1.02. The molecule has 0 bridgehead atoms. The SMILES string of the molecule is CCCCNC(=O)CC1CNc2c(Cl)c(Cl)cc3[nH]c(=O)c(=O)n1c23. The number of aromatic amines is 1. The number of unbranched alkanes of at least 4 members (excludes halogenated alkanes) is 1. The molecule has 0 spiro atoms. The highest BCUT2D eigenvalue weighted by atomic mass is 35.5. The van der Waals surface area contributed by atoms with Gasteiger partial charge in [-0.2, -0.15) is 0 Å². The van der Waals surface area contributed by atoms with Crippen LogP contribution in [0.1, 0.15) is 32.2 Å². The summed E-state index contributed by atoms with van der Waals surface area (Å²) < 4.78 is 1.35. The summed E-state index contributed by atoms with van der Waals surface area (Å²) in [5.41, 5.74) is -0.121. The maximum Gasteiger partial charge on any atom is 0.317 e. The van der Waals surface area contributed by atoms with Crippen LogP contribution in [0.15, 0.2) is 15.7 Å². The van der Waals surface area contributed by atoms with E-state index in [1.807, 2.05) is 6.92 Å². The molecule has 0 saturated carbocycles. The molecule has 3 rings (SSSR count). The van der Waals surface area contributed by atoms with E-state index < -0.39 is 17.2 Å². The topological polar surface area (TPSA) is 96.0 Å². The summed E-state index contributed by atoms with van der Waals surface area (Å²) in [4.78, 5) is 39.1. The fourth-order valence-electron chi connectivity index (χ4n) is 3.02. The standard InChI is InChI=1S/C16H18Cl2N4O3/c1-2-3-4-19-11(23)5-8-7-20-13-12(18)9(17)6-10-14(13)22(8)16(25)15(24)21-10/h6,8,20H,2-5,7H2,1H3,(H,19,23)(H,21,24). The molecule has 1 aliphatic heterocycles. The number of hydrogen-bond acceptors (Lipinski definition) is 4. The smallest absolute Gasteiger partial charge is 0.317 e. The number of rotatable bonds is 5. The first-order valence-electron chi connectivity index (χ1n) is 8.11. The number of amides is 1. The Kier molecular flexibility index (Phi) is 5.06. The second-order valence-electron chi connectivity index (χ2n) is 6.02. The third-order valence-electron chi connectivity index (χ3n) is 4.25. The minimum absolute atomic E-state index is 0.0921. The third-order valence-corrected chi connectivity index (χ3v) is 5.03. The monoisotopic (exact) mass is 384 g/mol. The Balaban J connectivity index is 2.06. The zero-order valence-corrected chi connectivity index (χ0v) is 15.1. The molecule has 0 saturated heterocycles. The van der Waals surface area contributed by atoms with Gasteiger partial charge in [0, 0.05) is 19.5 Å². The highest BCUT2D eigenvalue weighted by Gasteiger charge is 2.28. The van der Waals surface area contributed by atoms with Gasteiger partial charge in [0.15, 0.2) is 0 Å². The normalized spacial score (nSPS) is 15.9. The van der Waals surface area contributed by atoms with Gasteiger partial charge < -0.3 is 15.6 Å². The average Bonchev–Trinajstić information content (AvgIpc) is 2.57. The lowest BCUT2D eigenvalue weighted by Gasteiger charge is -2.29. The number of carbonyl (C=O) groups excluding carboxylic acids is 1. The van der Waals surface area contributed by atoms with Crippen molar-refractivity contribution in [2.75, 3.05) is 18.4 Å². The van der Waals surface area contributed by atoms with E-state index in [0.29, 0.717) is 29.8 Å². The Bertz CT molecular complexity index is 951. The quantitative estimate of drug-likeness (QED) is 0.544. The summed E-state index contributed by atoms with van der Waals surface area (Å²) in [5, 5.41) is 6.50. The van der Waals surface area contributed by atoms with Crippen LogP contribution in [-0.4, -0.2) is 28.5 Å². The fraction of sp³-hybridized carbons (Fsp3) is 0.438. The zero-order chi connectivity index (χ0) is 18.1. The lowest BCUT2D eigenvalue weighted by molar-refractivity contribution is -0.121. The Morgan fingerprint density at radius 3 is 2.88 bits per heavy atom. The molecule has 25 heavy (non-hydrogen) atoms. The van der Waals surface area contributed by atoms with Gasteiger partial charge in [-0.25, -0.2) is 0 Å². The van der Waals surface area contributed by atoms with Crippen molar-refractivity contribution in [2.45, 2.75) is 32.2 Å². The van der Waals surface area contributed by atoms with Gasteiger partial charge >= 0.3 is 11.1 Å². The van der Waals surface area contributed by atoms with Gasteiger partial charge in [0.2, 0.25) is 5.91 Å². The average molecular weight is 385 g/mol. The summed E-state index contributed by atoms with van der Waals surface area (Å²) in [6.45, 7) is 2.93. The minimum Gasteiger partial charge on any atom is -0.380 e. The van der Waals surface area contributed by atoms with Gasteiger partial charge in [-0.3, -0.25) is 19.0 Å². The summed E-state index contributed by atoms with van der Waals surface area (Å²) >= 11 is 12.3. The first-order chi connectivity index (χ1) is 11.9. The molecular weight excluding hydrogens is 367 g/mol. The van der Waals surface area contributed by atoms with E-state index in [1.165, 1.54) is 10.6 Å². The van der Waals surface area contributed by atoms with Crippen LogP contribution in [0.5, 0.6) is 0 Å². The number of anilines is 1. The van der Waals surface area contributed by atoms with E-state index in [1.54, 1.807) is 0 Å². The predicted molar refractivity (Wildman–Crippen MR) is 98.9 cm³/mol. The predicted octanol–water partition coefficient (Wildman–Crippen LogP) is 2.27. The number of hydrogen-bond donors (Lipinski definition) is 3. The summed E-state index contributed by atoms with van der Waals surface area (Å²) in [7, 11) is 0. The van der Waals surface area contributed by atoms with Crippen molar-refractivity contribution in [3.63, 3.8) is 0 Å². The number of nitrogens with one attached hydrogen (secondary N) is 3. The molecule has 1 atom stereocenters. The van der Waals surface area contributed by atoms with E-state index in [2.05, 4.69) is 15.6 Å². The van der Waals surface area contributed by atoms with E-state index in [-0.39, 0.29) is 22.4 Å². The molecule has 0 radical (unpaired) electrons. The van der Waals surface area contributed by atoms with Crippen LogP contribution in [-0.2, 0) is 4.79 Å². The lowest BCUT2D eigenvalue weighted by atomic mass is 10.1. The van der Waals surface area contributed by atoms with Crippen LogP contribution in [0.25, 0.3) is 11.0 Å². The van der Waals surface area contributed by atoms with E-state index in [9.17, 15) is 14.4 Å². The van der Waals surface area contributed by atoms with Crippen molar-refractivity contribution in [3.05, 3.63) is 36.8 Å². The Morgan fingerprint density at radius 1 is 1.40 bits per heavy atom. The number of nitrogens with zero attached hydrogens (tertiary/aromatic N) is 1. The molecule has 1 amide bonds. The highest BCUT2D eigenvalue weighted by molar-refractivity contribution is 6.45. The second kappa shape index (κ2) is 7.09. The molecule has 0 fully saturated rings. The van der Waals surface area contributed by atoms with Crippen molar-refractivity contribution >= 4 is 45.8 Å². The molecule has 2 heterocycles. The van der Waals surface area contributed by atoms with Crippen LogP contribution in [0, 0.1) is 0 Å². The number of halogens is 2. The van der Waals surface area contributed by atoms with E-state index in [4.69, 9.17) is 23.2 Å². The number of carbonyl (C=O) groups is 1. The number of benzene rings is 1. The molecule has 1 unspecified atom stereocenters. The van der Waals surface area contributed by atoms with Gasteiger partial charge in [-0.1, -0.05) is 36.5 Å². The summed E-state index contributed by atoms with van der Waals surface area (Å²) in [6.07, 6.45) is 1.96. The van der Waals surface area contributed by atoms with E-state index in [0.717, 1.165) is 12.8 Å². The molecule has 1 aliphatic rings. The van der Waals surface area contributed by atoms with Gasteiger partial charge in [0.1, 0.15) is 0 Å². The fourth-order valence-corrected chi connectivity index (χ4v) is 3.44. The van der Waals surface area contributed by atoms with Crippen LogP contribution in [0.2, 0.25) is 10.0 Å². The third kappa shape index (κ3) is 3.26. The molecule has 3 N–H and O–H groups in total. The van der Waals surface area contributed by atoms with Gasteiger partial charge in [-0.15, -0.1) is 0 Å². The molecule has 9 heteroatoms. The van der Waals surface area contributed by atoms with E-state index >= 15 is 0 Å². The first kappa shape index (κ1) is 17.8. The Labute approximate surface area is 153 Å². The second-order valence-corrected chi connectivity index (χ2v) is 6.80. The van der Waals surface area contributed by atoms with Crippen molar-refractivity contribution in [1.82, 2.24) is 14.9 Å². The van der Waals surface area contributed by atoms with Crippen LogP contribution in [0.3, 0.4) is 0 Å². The van der Waals surface area contributed by atoms with Crippen LogP contribution in [0.4, 0.5) is 5.69 Å². The van der Waals surface area contributed by atoms with Crippen molar-refractivity contribution < 1.29 is 4.79 Å². The number of H-pyrrole nitrogens is 1. The molecular formula is C16H18Cl2N4O3. The molecule has 7 nitrogen and oxygen atoms in total. The molecule has 134 valence electrons. The van der Waals surface area contributed by atoms with Crippen molar-refractivity contribution in [1.29, 1.82) is 0 Å².